The van der Waals surface area contributed by atoms with Crippen molar-refractivity contribution in [3.63, 3.8) is 0 Å². The molecular formula is C19H27NO6. The minimum atomic E-state index is -0.776. The standard InChI is InChI=1S/C19H27NO6/c1-6-12(2)18(19(23)24-5)20-16(21)10-26-17(22)11-25-15-9-7-8-13(3)14(15)4/h7-9,12,18H,6,10-11H2,1-5H3,(H,20,21)/t12-,18+/m1/s1. The van der Waals surface area contributed by atoms with Crippen LogP contribution >= 0.6 is 0 Å². The van der Waals surface area contributed by atoms with Crippen LogP contribution in [-0.2, 0) is 23.9 Å². The highest BCUT2D eigenvalue weighted by molar-refractivity contribution is 5.86. The van der Waals surface area contributed by atoms with Crippen LogP contribution in [0.4, 0.5) is 0 Å². The van der Waals surface area contributed by atoms with Crippen molar-refractivity contribution in [1.82, 2.24) is 5.32 Å². The number of hydrogen-bond donors (Lipinski definition) is 1. The van der Waals surface area contributed by atoms with Gasteiger partial charge in [0.25, 0.3) is 5.91 Å². The Hall–Kier alpha value is -2.57. The molecule has 0 saturated carbocycles. The van der Waals surface area contributed by atoms with E-state index in [9.17, 15) is 14.4 Å². The molecule has 1 N–H and O–H groups in total. The lowest BCUT2D eigenvalue weighted by atomic mass is 9.99. The first-order valence-corrected chi connectivity index (χ1v) is 8.51. The number of nitrogens with one attached hydrogen (secondary N) is 1. The summed E-state index contributed by atoms with van der Waals surface area (Å²) in [5, 5.41) is 2.53. The Labute approximate surface area is 154 Å². The van der Waals surface area contributed by atoms with Crippen LogP contribution in [0.25, 0.3) is 0 Å². The largest absolute Gasteiger partial charge is 0.482 e. The van der Waals surface area contributed by atoms with Crippen molar-refractivity contribution in [1.29, 1.82) is 0 Å². The fraction of sp³-hybridized carbons (Fsp3) is 0.526. The van der Waals surface area contributed by atoms with Gasteiger partial charge >= 0.3 is 11.9 Å². The predicted molar refractivity (Wildman–Crippen MR) is 95.8 cm³/mol. The Morgan fingerprint density at radius 1 is 1.15 bits per heavy atom. The number of rotatable bonds is 9. The van der Waals surface area contributed by atoms with E-state index in [1.165, 1.54) is 7.11 Å². The highest BCUT2D eigenvalue weighted by Gasteiger charge is 2.26. The fourth-order valence-corrected chi connectivity index (χ4v) is 2.22. The minimum absolute atomic E-state index is 0.102. The van der Waals surface area contributed by atoms with Gasteiger partial charge in [0.15, 0.2) is 13.2 Å². The quantitative estimate of drug-likeness (QED) is 0.673. The smallest absolute Gasteiger partial charge is 0.344 e. The van der Waals surface area contributed by atoms with Gasteiger partial charge in [-0.2, -0.15) is 0 Å². The molecule has 0 heterocycles. The zero-order valence-corrected chi connectivity index (χ0v) is 16.0. The maximum atomic E-state index is 11.9. The third kappa shape index (κ3) is 6.38. The molecule has 0 aromatic heterocycles. The summed E-state index contributed by atoms with van der Waals surface area (Å²) in [7, 11) is 1.26. The summed E-state index contributed by atoms with van der Waals surface area (Å²) in [5.74, 6) is -1.28. The van der Waals surface area contributed by atoms with Gasteiger partial charge in [0.05, 0.1) is 7.11 Å². The van der Waals surface area contributed by atoms with Gasteiger partial charge in [-0.25, -0.2) is 9.59 Å². The van der Waals surface area contributed by atoms with Crippen molar-refractivity contribution in [2.24, 2.45) is 5.92 Å². The lowest BCUT2D eigenvalue weighted by molar-refractivity contribution is -0.152. The second-order valence-electron chi connectivity index (χ2n) is 6.10. The van der Waals surface area contributed by atoms with Gasteiger partial charge < -0.3 is 19.5 Å². The van der Waals surface area contributed by atoms with Crippen LogP contribution in [0.1, 0.15) is 31.4 Å². The van der Waals surface area contributed by atoms with Crippen molar-refractivity contribution in [3.05, 3.63) is 29.3 Å². The summed E-state index contributed by atoms with van der Waals surface area (Å²) in [4.78, 5) is 35.4. The van der Waals surface area contributed by atoms with Gasteiger partial charge in [-0.1, -0.05) is 32.4 Å². The lowest BCUT2D eigenvalue weighted by Crippen LogP contribution is -2.47. The number of methoxy groups -OCH3 is 1. The molecule has 0 spiro atoms. The van der Waals surface area contributed by atoms with Crippen LogP contribution in [0, 0.1) is 19.8 Å². The molecule has 0 aliphatic heterocycles. The maximum absolute atomic E-state index is 11.9. The predicted octanol–water partition coefficient (Wildman–Crippen LogP) is 1.93. The first-order valence-electron chi connectivity index (χ1n) is 8.51. The van der Waals surface area contributed by atoms with E-state index in [0.717, 1.165) is 11.1 Å². The number of aryl methyl sites for hydroxylation is 1. The molecule has 0 fully saturated rings. The van der Waals surface area contributed by atoms with Gasteiger partial charge in [-0.05, 0) is 37.0 Å². The third-order valence-electron chi connectivity index (χ3n) is 4.25. The van der Waals surface area contributed by atoms with Gasteiger partial charge in [0.2, 0.25) is 0 Å². The van der Waals surface area contributed by atoms with Crippen molar-refractivity contribution >= 4 is 17.8 Å². The van der Waals surface area contributed by atoms with Gasteiger partial charge in [-0.3, -0.25) is 4.79 Å². The molecule has 1 aromatic carbocycles. The summed E-state index contributed by atoms with van der Waals surface area (Å²) < 4.78 is 15.0. The molecule has 7 nitrogen and oxygen atoms in total. The van der Waals surface area contributed by atoms with Crippen molar-refractivity contribution < 1.29 is 28.6 Å². The Kier molecular flexibility index (Phi) is 8.61. The Bertz CT molecular complexity index is 643. The molecule has 0 aliphatic rings. The molecule has 1 amide bonds. The molecular weight excluding hydrogens is 338 g/mol. The number of carbonyl (C=O) groups excluding carboxylic acids is 3. The highest BCUT2D eigenvalue weighted by Crippen LogP contribution is 2.20. The first-order chi connectivity index (χ1) is 12.3. The van der Waals surface area contributed by atoms with E-state index in [1.54, 1.807) is 6.07 Å². The molecule has 1 aromatic rings. The number of amides is 1. The van der Waals surface area contributed by atoms with Crippen LogP contribution < -0.4 is 10.1 Å². The van der Waals surface area contributed by atoms with E-state index in [1.807, 2.05) is 39.8 Å². The average Bonchev–Trinajstić information content (AvgIpc) is 2.64. The zero-order valence-electron chi connectivity index (χ0n) is 16.0. The molecule has 1 rings (SSSR count). The van der Waals surface area contributed by atoms with E-state index >= 15 is 0 Å². The van der Waals surface area contributed by atoms with Crippen LogP contribution in [0.2, 0.25) is 0 Å². The Balaban J connectivity index is 2.47. The molecule has 0 aliphatic carbocycles. The Morgan fingerprint density at radius 3 is 2.46 bits per heavy atom. The van der Waals surface area contributed by atoms with E-state index in [-0.39, 0.29) is 12.5 Å². The summed E-state index contributed by atoms with van der Waals surface area (Å²) in [6.45, 7) is 6.77. The van der Waals surface area contributed by atoms with Gasteiger partial charge in [0.1, 0.15) is 11.8 Å². The second-order valence-corrected chi connectivity index (χ2v) is 6.10. The minimum Gasteiger partial charge on any atom is -0.482 e. The molecule has 144 valence electrons. The third-order valence-corrected chi connectivity index (χ3v) is 4.25. The van der Waals surface area contributed by atoms with Crippen molar-refractivity contribution in [2.75, 3.05) is 20.3 Å². The topological polar surface area (TPSA) is 90.9 Å². The van der Waals surface area contributed by atoms with Crippen LogP contribution in [0.3, 0.4) is 0 Å². The maximum Gasteiger partial charge on any atom is 0.344 e. The fourth-order valence-electron chi connectivity index (χ4n) is 2.22. The number of carbonyl (C=O) groups is 3. The summed E-state index contributed by atoms with van der Waals surface area (Å²) in [5.41, 5.74) is 1.99. The summed E-state index contributed by atoms with van der Waals surface area (Å²) in [6, 6.07) is 4.76. The summed E-state index contributed by atoms with van der Waals surface area (Å²) >= 11 is 0. The van der Waals surface area contributed by atoms with E-state index in [0.29, 0.717) is 12.2 Å². The molecule has 0 saturated heterocycles. The molecule has 0 radical (unpaired) electrons. The highest BCUT2D eigenvalue weighted by atomic mass is 16.6. The molecule has 0 bridgehead atoms. The van der Waals surface area contributed by atoms with Crippen molar-refractivity contribution in [2.45, 2.75) is 40.2 Å². The lowest BCUT2D eigenvalue weighted by Gasteiger charge is -2.21. The van der Waals surface area contributed by atoms with E-state index < -0.39 is 30.5 Å². The second kappa shape index (κ2) is 10.4. The molecule has 0 unspecified atom stereocenters. The van der Waals surface area contributed by atoms with Crippen LogP contribution in [-0.4, -0.2) is 44.2 Å². The number of benzene rings is 1. The molecule has 2 atom stereocenters. The van der Waals surface area contributed by atoms with Crippen LogP contribution in [0.15, 0.2) is 18.2 Å². The first kappa shape index (κ1) is 21.5. The van der Waals surface area contributed by atoms with E-state index in [4.69, 9.17) is 9.47 Å². The van der Waals surface area contributed by atoms with E-state index in [2.05, 4.69) is 10.1 Å². The monoisotopic (exact) mass is 365 g/mol. The van der Waals surface area contributed by atoms with Crippen molar-refractivity contribution in [3.8, 4) is 5.75 Å². The van der Waals surface area contributed by atoms with Crippen LogP contribution in [0.5, 0.6) is 5.75 Å². The molecule has 7 heteroatoms. The number of hydrogen-bond acceptors (Lipinski definition) is 6. The van der Waals surface area contributed by atoms with Gasteiger partial charge in [-0.15, -0.1) is 0 Å². The normalized spacial score (nSPS) is 12.7. The van der Waals surface area contributed by atoms with Gasteiger partial charge in [0, 0.05) is 0 Å². The SMILES string of the molecule is CC[C@@H](C)[C@H](NC(=O)COC(=O)COc1cccc(C)c1C)C(=O)OC. The number of esters is 2. The number of ether oxygens (including phenoxy) is 3. The summed E-state index contributed by atoms with van der Waals surface area (Å²) in [6.07, 6.45) is 0.684. The molecule has 26 heavy (non-hydrogen) atoms. The zero-order chi connectivity index (χ0) is 19.7. The average molecular weight is 365 g/mol. The Morgan fingerprint density at radius 2 is 1.85 bits per heavy atom.